The van der Waals surface area contributed by atoms with Crippen LogP contribution in [0.15, 0.2) is 29.3 Å². The molecule has 0 fully saturated rings. The van der Waals surface area contributed by atoms with Crippen molar-refractivity contribution >= 4 is 11.8 Å². The zero-order chi connectivity index (χ0) is 19.6. The molecule has 7 nitrogen and oxygen atoms in total. The summed E-state index contributed by atoms with van der Waals surface area (Å²) in [6.45, 7) is 6.37. The highest BCUT2D eigenvalue weighted by Crippen LogP contribution is 2.21. The van der Waals surface area contributed by atoms with Crippen molar-refractivity contribution in [1.29, 1.82) is 5.26 Å². The van der Waals surface area contributed by atoms with E-state index in [1.807, 2.05) is 6.92 Å². The number of guanidine groups is 1. The van der Waals surface area contributed by atoms with E-state index < -0.39 is 0 Å². The van der Waals surface area contributed by atoms with Crippen molar-refractivity contribution in [2.24, 2.45) is 4.99 Å². The molecule has 0 aliphatic carbocycles. The third-order valence-corrected chi connectivity index (χ3v) is 3.90. The molecule has 0 radical (unpaired) electrons. The highest BCUT2D eigenvalue weighted by molar-refractivity contribution is 5.79. The molecule has 0 spiro atoms. The third kappa shape index (κ3) is 5.45. The fourth-order valence-electron chi connectivity index (χ4n) is 2.58. The number of hydrogen-bond acceptors (Lipinski definition) is 4. The lowest BCUT2D eigenvalue weighted by atomic mass is 10.1. The van der Waals surface area contributed by atoms with Crippen LogP contribution in [0.1, 0.15) is 37.9 Å². The Morgan fingerprint density at radius 2 is 2.04 bits per heavy atom. The van der Waals surface area contributed by atoms with Crippen molar-refractivity contribution < 1.29 is 4.39 Å². The van der Waals surface area contributed by atoms with Gasteiger partial charge in [0.1, 0.15) is 23.3 Å². The molecule has 0 saturated heterocycles. The maximum atomic E-state index is 13.1. The number of nitrogens with two attached hydrogens (primary N) is 1. The van der Waals surface area contributed by atoms with E-state index in [0.29, 0.717) is 29.9 Å². The Balaban J connectivity index is 2.03. The fourth-order valence-corrected chi connectivity index (χ4v) is 2.58. The molecule has 144 valence electrons. The minimum absolute atomic E-state index is 0.268. The average molecular weight is 371 g/mol. The van der Waals surface area contributed by atoms with Crippen molar-refractivity contribution in [2.75, 3.05) is 25.4 Å². The van der Waals surface area contributed by atoms with Gasteiger partial charge < -0.3 is 16.4 Å². The van der Waals surface area contributed by atoms with E-state index in [9.17, 15) is 9.65 Å². The maximum absolute atomic E-state index is 13.1. The van der Waals surface area contributed by atoms with E-state index in [0.717, 1.165) is 31.9 Å². The molecule has 0 saturated carbocycles. The van der Waals surface area contributed by atoms with Crippen molar-refractivity contribution in [3.05, 3.63) is 41.3 Å². The Hall–Kier alpha value is -3.08. The lowest BCUT2D eigenvalue weighted by Crippen LogP contribution is -2.38. The van der Waals surface area contributed by atoms with Crippen LogP contribution in [0, 0.1) is 17.1 Å². The zero-order valence-corrected chi connectivity index (χ0v) is 15.8. The quantitative estimate of drug-likeness (QED) is 0.375. The van der Waals surface area contributed by atoms with Gasteiger partial charge in [0, 0.05) is 19.6 Å². The molecule has 2 rings (SSSR count). The molecule has 0 amide bonds. The summed E-state index contributed by atoms with van der Waals surface area (Å²) >= 11 is 0. The van der Waals surface area contributed by atoms with Crippen LogP contribution in [-0.2, 0) is 6.42 Å². The summed E-state index contributed by atoms with van der Waals surface area (Å²) in [6, 6.07) is 7.96. The number of nitrogens with zero attached hydrogens (tertiary/aromatic N) is 4. The van der Waals surface area contributed by atoms with Gasteiger partial charge in [0.05, 0.1) is 11.4 Å². The van der Waals surface area contributed by atoms with Gasteiger partial charge in [0.15, 0.2) is 5.96 Å². The van der Waals surface area contributed by atoms with Crippen LogP contribution in [0.25, 0.3) is 5.69 Å². The number of nitrogens with one attached hydrogen (secondary N) is 2. The standard InChI is InChI=1S/C19H26FN7/c1-3-11-24-19(23-4-2)25-12-5-6-17-16(13-21)18(22)27(26-17)15-9-7-14(20)8-10-15/h7-10H,3-6,11-12,22H2,1-2H3,(H2,23,24,25). The number of aryl methyl sites for hydroxylation is 1. The number of nitrogen functional groups attached to an aromatic ring is 1. The van der Waals surface area contributed by atoms with Gasteiger partial charge in [0.25, 0.3) is 0 Å². The molecule has 8 heteroatoms. The molecule has 0 aliphatic rings. The number of halogens is 1. The second kappa shape index (κ2) is 10.2. The van der Waals surface area contributed by atoms with Crippen LogP contribution in [0.2, 0.25) is 0 Å². The molecule has 0 bridgehead atoms. The first-order valence-electron chi connectivity index (χ1n) is 9.16. The van der Waals surface area contributed by atoms with E-state index in [1.54, 1.807) is 12.1 Å². The molecule has 2 aromatic rings. The summed E-state index contributed by atoms with van der Waals surface area (Å²) < 4.78 is 14.6. The number of anilines is 1. The molecule has 27 heavy (non-hydrogen) atoms. The van der Waals surface area contributed by atoms with Crippen LogP contribution in [0.3, 0.4) is 0 Å². The minimum atomic E-state index is -0.336. The molecule has 1 heterocycles. The van der Waals surface area contributed by atoms with Crippen molar-refractivity contribution in [2.45, 2.75) is 33.1 Å². The van der Waals surface area contributed by atoms with E-state index in [1.165, 1.54) is 16.8 Å². The summed E-state index contributed by atoms with van der Waals surface area (Å²) in [5, 5.41) is 20.3. The molecule has 0 aliphatic heterocycles. The van der Waals surface area contributed by atoms with Gasteiger partial charge in [-0.15, -0.1) is 0 Å². The van der Waals surface area contributed by atoms with Crippen LogP contribution >= 0.6 is 0 Å². The summed E-state index contributed by atoms with van der Waals surface area (Å²) in [7, 11) is 0. The minimum Gasteiger partial charge on any atom is -0.382 e. The monoisotopic (exact) mass is 371 g/mol. The average Bonchev–Trinajstić information content (AvgIpc) is 2.99. The van der Waals surface area contributed by atoms with Gasteiger partial charge in [-0.05, 0) is 50.5 Å². The Bertz CT molecular complexity index is 803. The highest BCUT2D eigenvalue weighted by atomic mass is 19.1. The fraction of sp³-hybridized carbons (Fsp3) is 0.421. The van der Waals surface area contributed by atoms with E-state index in [-0.39, 0.29) is 11.6 Å². The Morgan fingerprint density at radius 1 is 1.30 bits per heavy atom. The number of aromatic nitrogens is 2. The highest BCUT2D eigenvalue weighted by Gasteiger charge is 2.16. The smallest absolute Gasteiger partial charge is 0.191 e. The first-order chi connectivity index (χ1) is 13.1. The first kappa shape index (κ1) is 20.2. The molecule has 1 aromatic heterocycles. The maximum Gasteiger partial charge on any atom is 0.191 e. The van der Waals surface area contributed by atoms with Gasteiger partial charge in [-0.1, -0.05) is 6.92 Å². The number of rotatable bonds is 8. The normalized spacial score (nSPS) is 11.3. The van der Waals surface area contributed by atoms with Crippen molar-refractivity contribution in [3.63, 3.8) is 0 Å². The van der Waals surface area contributed by atoms with Gasteiger partial charge in [-0.3, -0.25) is 4.99 Å². The number of hydrogen-bond donors (Lipinski definition) is 3. The van der Waals surface area contributed by atoms with Gasteiger partial charge in [-0.25, -0.2) is 9.07 Å². The summed E-state index contributed by atoms with van der Waals surface area (Å²) in [6.07, 6.45) is 2.36. The molecule has 4 N–H and O–H groups in total. The number of aliphatic imine (C=N–C) groups is 1. The Morgan fingerprint density at radius 3 is 2.67 bits per heavy atom. The summed E-state index contributed by atoms with van der Waals surface area (Å²) in [5.74, 6) is 0.721. The van der Waals surface area contributed by atoms with Crippen LogP contribution in [-0.4, -0.2) is 35.4 Å². The first-order valence-corrected chi connectivity index (χ1v) is 9.16. The molecular weight excluding hydrogens is 345 g/mol. The topological polar surface area (TPSA) is 104 Å². The Labute approximate surface area is 159 Å². The largest absolute Gasteiger partial charge is 0.382 e. The van der Waals surface area contributed by atoms with Crippen LogP contribution in [0.4, 0.5) is 10.2 Å². The van der Waals surface area contributed by atoms with Crippen molar-refractivity contribution in [3.8, 4) is 11.8 Å². The number of benzene rings is 1. The van der Waals surface area contributed by atoms with Crippen LogP contribution < -0.4 is 16.4 Å². The van der Waals surface area contributed by atoms with Gasteiger partial charge in [-0.2, -0.15) is 10.4 Å². The molecular formula is C19H26FN7. The van der Waals surface area contributed by atoms with E-state index >= 15 is 0 Å². The predicted molar refractivity (Wildman–Crippen MR) is 105 cm³/mol. The zero-order valence-electron chi connectivity index (χ0n) is 15.8. The lowest BCUT2D eigenvalue weighted by molar-refractivity contribution is 0.627. The van der Waals surface area contributed by atoms with Gasteiger partial charge in [0.2, 0.25) is 0 Å². The van der Waals surface area contributed by atoms with Crippen LogP contribution in [0.5, 0.6) is 0 Å². The summed E-state index contributed by atoms with van der Waals surface area (Å²) in [5.41, 5.74) is 7.69. The van der Waals surface area contributed by atoms with E-state index in [2.05, 4.69) is 33.7 Å². The second-order valence-electron chi connectivity index (χ2n) is 6.00. The second-order valence-corrected chi connectivity index (χ2v) is 6.00. The lowest BCUT2D eigenvalue weighted by Gasteiger charge is -2.10. The SMILES string of the molecule is CCCN=C(NCC)NCCCc1nn(-c2ccc(F)cc2)c(N)c1C#N. The molecule has 0 unspecified atom stereocenters. The Kier molecular flexibility index (Phi) is 7.62. The number of nitriles is 1. The van der Waals surface area contributed by atoms with Gasteiger partial charge >= 0.3 is 0 Å². The third-order valence-electron chi connectivity index (χ3n) is 3.90. The predicted octanol–water partition coefficient (Wildman–Crippen LogP) is 2.36. The molecule has 1 aromatic carbocycles. The summed E-state index contributed by atoms with van der Waals surface area (Å²) in [4.78, 5) is 4.45. The van der Waals surface area contributed by atoms with Crippen molar-refractivity contribution in [1.82, 2.24) is 20.4 Å². The van der Waals surface area contributed by atoms with E-state index in [4.69, 9.17) is 5.73 Å². The molecule has 0 atom stereocenters.